The number of ketones is 1. The molecule has 0 N–H and O–H groups in total. The Kier molecular flexibility index (Phi) is 2.58. The maximum atomic E-state index is 11.6. The molecule has 0 spiro atoms. The second-order valence-electron chi connectivity index (χ2n) is 4.62. The molecule has 76 valence electrons. The first-order chi connectivity index (χ1) is 6.68. The van der Waals surface area contributed by atoms with Crippen LogP contribution in [0.2, 0.25) is 0 Å². The molecule has 0 saturated heterocycles. The van der Waals surface area contributed by atoms with Gasteiger partial charge in [-0.05, 0) is 50.5 Å². The van der Waals surface area contributed by atoms with Gasteiger partial charge >= 0.3 is 0 Å². The Morgan fingerprint density at radius 3 is 2.86 bits per heavy atom. The summed E-state index contributed by atoms with van der Waals surface area (Å²) in [5.41, 5.74) is 3.89. The van der Waals surface area contributed by atoms with Crippen LogP contribution >= 0.6 is 0 Å². The normalized spacial score (nSPS) is 28.8. The van der Waals surface area contributed by atoms with Crippen LogP contribution in [0.25, 0.3) is 0 Å². The summed E-state index contributed by atoms with van der Waals surface area (Å²) in [4.78, 5) is 11.6. The fourth-order valence-electron chi connectivity index (χ4n) is 2.75. The van der Waals surface area contributed by atoms with Crippen LogP contribution in [0.5, 0.6) is 0 Å². The average Bonchev–Trinajstić information content (AvgIpc) is 2.34. The summed E-state index contributed by atoms with van der Waals surface area (Å²) in [5, 5.41) is 0. The van der Waals surface area contributed by atoms with E-state index >= 15 is 0 Å². The lowest BCUT2D eigenvalue weighted by Crippen LogP contribution is -2.17. The molecule has 1 nitrogen and oxygen atoms in total. The second kappa shape index (κ2) is 3.72. The van der Waals surface area contributed by atoms with E-state index in [4.69, 9.17) is 0 Å². The van der Waals surface area contributed by atoms with Gasteiger partial charge in [0.15, 0.2) is 5.78 Å². The Morgan fingerprint density at radius 2 is 2.07 bits per heavy atom. The van der Waals surface area contributed by atoms with E-state index in [2.05, 4.69) is 6.58 Å². The highest BCUT2D eigenvalue weighted by molar-refractivity contribution is 5.96. The number of hydrogen-bond donors (Lipinski definition) is 0. The number of allylic oxidation sites excluding steroid dienone is 3. The van der Waals surface area contributed by atoms with E-state index in [1.54, 1.807) is 0 Å². The van der Waals surface area contributed by atoms with Crippen molar-refractivity contribution in [2.24, 2.45) is 5.92 Å². The van der Waals surface area contributed by atoms with Crippen LogP contribution in [0.3, 0.4) is 0 Å². The molecule has 0 amide bonds. The van der Waals surface area contributed by atoms with Crippen LogP contribution in [-0.2, 0) is 4.79 Å². The monoisotopic (exact) mass is 190 g/mol. The molecule has 2 aliphatic rings. The molecular formula is C13H18O. The first-order valence-electron chi connectivity index (χ1n) is 5.58. The van der Waals surface area contributed by atoms with Crippen LogP contribution in [0.4, 0.5) is 0 Å². The number of carbonyl (C=O) groups is 1. The van der Waals surface area contributed by atoms with Crippen molar-refractivity contribution in [2.45, 2.75) is 45.4 Å². The summed E-state index contributed by atoms with van der Waals surface area (Å²) in [7, 11) is 0. The minimum atomic E-state index is 0.378. The third-order valence-corrected chi connectivity index (χ3v) is 3.62. The zero-order valence-corrected chi connectivity index (χ0v) is 8.94. The Morgan fingerprint density at radius 1 is 1.29 bits per heavy atom. The molecule has 0 aromatic rings. The standard InChI is InChI=1S/C13H18O/c1-9-4-3-5-12-10(2)13(14)7-6-11(12)8-9/h11H,1,3-8H2,2H3. The van der Waals surface area contributed by atoms with Gasteiger partial charge in [0.1, 0.15) is 0 Å². The first-order valence-corrected chi connectivity index (χ1v) is 5.58. The van der Waals surface area contributed by atoms with E-state index in [-0.39, 0.29) is 0 Å². The molecule has 2 rings (SSSR count). The van der Waals surface area contributed by atoms with Gasteiger partial charge in [-0.25, -0.2) is 0 Å². The Hall–Kier alpha value is -0.850. The summed E-state index contributed by atoms with van der Waals surface area (Å²) in [6.45, 7) is 6.11. The molecule has 1 unspecified atom stereocenters. The van der Waals surface area contributed by atoms with Crippen molar-refractivity contribution >= 4 is 5.78 Å². The van der Waals surface area contributed by atoms with Gasteiger partial charge < -0.3 is 0 Å². The highest BCUT2D eigenvalue weighted by Crippen LogP contribution is 2.38. The first kappa shape index (κ1) is 9.70. The van der Waals surface area contributed by atoms with Crippen molar-refractivity contribution in [1.82, 2.24) is 0 Å². The SMILES string of the molecule is C=C1CCCC2=C(C)C(=O)CCC2C1. The van der Waals surface area contributed by atoms with E-state index in [0.29, 0.717) is 11.7 Å². The van der Waals surface area contributed by atoms with Crippen LogP contribution in [0, 0.1) is 5.92 Å². The Bertz CT molecular complexity index is 309. The fourth-order valence-corrected chi connectivity index (χ4v) is 2.75. The molecule has 0 heterocycles. The maximum Gasteiger partial charge on any atom is 0.158 e. The van der Waals surface area contributed by atoms with Gasteiger partial charge in [-0.2, -0.15) is 0 Å². The molecule has 0 radical (unpaired) electrons. The van der Waals surface area contributed by atoms with Crippen molar-refractivity contribution in [1.29, 1.82) is 0 Å². The minimum Gasteiger partial charge on any atom is -0.295 e. The number of fused-ring (bicyclic) bond motifs is 1. The third kappa shape index (κ3) is 1.68. The van der Waals surface area contributed by atoms with E-state index < -0.39 is 0 Å². The molecule has 1 fully saturated rings. The second-order valence-corrected chi connectivity index (χ2v) is 4.62. The summed E-state index contributed by atoms with van der Waals surface area (Å²) < 4.78 is 0. The van der Waals surface area contributed by atoms with E-state index in [0.717, 1.165) is 37.7 Å². The molecule has 0 aromatic carbocycles. The molecular weight excluding hydrogens is 172 g/mol. The fraction of sp³-hybridized carbons (Fsp3) is 0.615. The van der Waals surface area contributed by atoms with Gasteiger partial charge in [0.25, 0.3) is 0 Å². The lowest BCUT2D eigenvalue weighted by atomic mass is 9.79. The van der Waals surface area contributed by atoms with Gasteiger partial charge in [-0.15, -0.1) is 0 Å². The van der Waals surface area contributed by atoms with Crippen molar-refractivity contribution in [2.75, 3.05) is 0 Å². The summed E-state index contributed by atoms with van der Waals surface area (Å²) in [6, 6.07) is 0. The Balaban J connectivity index is 2.30. The smallest absolute Gasteiger partial charge is 0.158 e. The van der Waals surface area contributed by atoms with E-state index in [9.17, 15) is 4.79 Å². The minimum absolute atomic E-state index is 0.378. The van der Waals surface area contributed by atoms with Crippen molar-refractivity contribution < 1.29 is 4.79 Å². The van der Waals surface area contributed by atoms with Crippen molar-refractivity contribution in [3.63, 3.8) is 0 Å². The van der Waals surface area contributed by atoms with Crippen LogP contribution in [0.15, 0.2) is 23.3 Å². The molecule has 1 saturated carbocycles. The Labute approximate surface area is 85.9 Å². The third-order valence-electron chi connectivity index (χ3n) is 3.62. The molecule has 1 heteroatoms. The van der Waals surface area contributed by atoms with Crippen molar-refractivity contribution in [3.05, 3.63) is 23.3 Å². The quantitative estimate of drug-likeness (QED) is 0.535. The summed E-state index contributed by atoms with van der Waals surface area (Å²) in [5.74, 6) is 1.02. The number of carbonyl (C=O) groups excluding carboxylic acids is 1. The molecule has 0 aliphatic heterocycles. The van der Waals surface area contributed by atoms with E-state index in [1.807, 2.05) is 6.92 Å². The lowest BCUT2D eigenvalue weighted by molar-refractivity contribution is -0.116. The molecule has 1 atom stereocenters. The van der Waals surface area contributed by atoms with Crippen LogP contribution in [-0.4, -0.2) is 5.78 Å². The highest BCUT2D eigenvalue weighted by atomic mass is 16.1. The highest BCUT2D eigenvalue weighted by Gasteiger charge is 2.27. The van der Waals surface area contributed by atoms with Gasteiger partial charge in [0.05, 0.1) is 0 Å². The van der Waals surface area contributed by atoms with Crippen LogP contribution in [0.1, 0.15) is 45.4 Å². The molecule has 14 heavy (non-hydrogen) atoms. The predicted molar refractivity (Wildman–Crippen MR) is 58.0 cm³/mol. The predicted octanol–water partition coefficient (Wildman–Crippen LogP) is 3.41. The van der Waals surface area contributed by atoms with E-state index in [1.165, 1.54) is 17.6 Å². The zero-order chi connectivity index (χ0) is 10.1. The molecule has 2 aliphatic carbocycles. The number of rotatable bonds is 0. The lowest BCUT2D eigenvalue weighted by Gasteiger charge is -2.25. The van der Waals surface area contributed by atoms with Crippen LogP contribution < -0.4 is 0 Å². The number of hydrogen-bond acceptors (Lipinski definition) is 1. The summed E-state index contributed by atoms with van der Waals surface area (Å²) >= 11 is 0. The van der Waals surface area contributed by atoms with Gasteiger partial charge in [0, 0.05) is 6.42 Å². The summed E-state index contributed by atoms with van der Waals surface area (Å²) in [6.07, 6.45) is 6.41. The topological polar surface area (TPSA) is 17.1 Å². The average molecular weight is 190 g/mol. The molecule has 0 bridgehead atoms. The molecule has 0 aromatic heterocycles. The van der Waals surface area contributed by atoms with Crippen molar-refractivity contribution in [3.8, 4) is 0 Å². The largest absolute Gasteiger partial charge is 0.295 e. The maximum absolute atomic E-state index is 11.6. The van der Waals surface area contributed by atoms with Gasteiger partial charge in [-0.1, -0.05) is 17.7 Å². The van der Waals surface area contributed by atoms with Gasteiger partial charge in [0.2, 0.25) is 0 Å². The zero-order valence-electron chi connectivity index (χ0n) is 8.94. The number of Topliss-reactive ketones (excluding diaryl/α,β-unsaturated/α-hetero) is 1. The van der Waals surface area contributed by atoms with Gasteiger partial charge in [-0.3, -0.25) is 4.79 Å².